The molecule has 0 unspecified atom stereocenters. The molecule has 2 aromatic rings. The molecule has 0 fully saturated rings. The fourth-order valence-electron chi connectivity index (χ4n) is 1.94. The number of hydrogen-bond donors (Lipinski definition) is 2. The van der Waals surface area contributed by atoms with E-state index in [-0.39, 0.29) is 5.91 Å². The normalized spacial score (nSPS) is 11.8. The lowest BCUT2D eigenvalue weighted by atomic mass is 10.1. The van der Waals surface area contributed by atoms with E-state index >= 15 is 0 Å². The zero-order valence-corrected chi connectivity index (χ0v) is 11.8. The Morgan fingerprint density at radius 1 is 1.25 bits per heavy atom. The third-order valence-electron chi connectivity index (χ3n) is 2.99. The molecule has 104 valence electrons. The summed E-state index contributed by atoms with van der Waals surface area (Å²) in [6.07, 6.45) is 0.745. The number of aliphatic carboxylic acids is 1. The first kappa shape index (κ1) is 14.3. The van der Waals surface area contributed by atoms with E-state index in [2.05, 4.69) is 5.32 Å². The number of hydrogen-bond acceptors (Lipinski definition) is 3. The number of carboxylic acids is 1. The number of nitrogens with one attached hydrogen (secondary N) is 1. The maximum Gasteiger partial charge on any atom is 0.330 e. The quantitative estimate of drug-likeness (QED) is 0.889. The Hall–Kier alpha value is -2.14. The molecule has 0 aliphatic heterocycles. The summed E-state index contributed by atoms with van der Waals surface area (Å²) < 4.78 is 0. The number of carboxylic acid groups (broad SMARTS) is 1. The van der Waals surface area contributed by atoms with Gasteiger partial charge in [-0.2, -0.15) is 0 Å². The molecule has 1 aromatic heterocycles. The van der Waals surface area contributed by atoms with Gasteiger partial charge in [-0.15, -0.1) is 11.3 Å². The maximum absolute atomic E-state index is 12.2. The van der Waals surface area contributed by atoms with Gasteiger partial charge in [0.2, 0.25) is 0 Å². The van der Waals surface area contributed by atoms with Crippen molar-refractivity contribution in [3.05, 3.63) is 57.8 Å². The van der Waals surface area contributed by atoms with Crippen molar-refractivity contribution >= 4 is 23.2 Å². The van der Waals surface area contributed by atoms with Gasteiger partial charge in [0.05, 0.1) is 4.88 Å². The number of aryl methyl sites for hydroxylation is 1. The Morgan fingerprint density at radius 3 is 2.55 bits per heavy atom. The molecule has 1 aromatic carbocycles. The number of carbonyl (C=O) groups is 2. The Balaban J connectivity index is 2.21. The van der Waals surface area contributed by atoms with Gasteiger partial charge >= 0.3 is 5.97 Å². The monoisotopic (exact) mass is 289 g/mol. The summed E-state index contributed by atoms with van der Waals surface area (Å²) in [5.41, 5.74) is 1.49. The fourth-order valence-corrected chi connectivity index (χ4v) is 2.84. The van der Waals surface area contributed by atoms with Crippen LogP contribution in [0.15, 0.2) is 41.8 Å². The van der Waals surface area contributed by atoms with Crippen LogP contribution in [0.1, 0.15) is 33.8 Å². The van der Waals surface area contributed by atoms with Crippen molar-refractivity contribution < 1.29 is 14.7 Å². The van der Waals surface area contributed by atoms with E-state index in [9.17, 15) is 14.7 Å². The van der Waals surface area contributed by atoms with Crippen molar-refractivity contribution in [1.82, 2.24) is 5.32 Å². The van der Waals surface area contributed by atoms with E-state index < -0.39 is 12.0 Å². The van der Waals surface area contributed by atoms with Crippen LogP contribution in [0, 0.1) is 0 Å². The molecule has 2 rings (SSSR count). The molecule has 1 atom stereocenters. The Labute approximate surface area is 121 Å². The standard InChI is InChI=1S/C15H15NO3S/c1-2-10-8-9-20-13(10)14(17)16-12(15(18)19)11-6-4-3-5-7-11/h3-9,12H,2H2,1H3,(H,16,17)(H,18,19)/t12-/m1/s1. The second-order valence-corrected chi connectivity index (χ2v) is 5.20. The maximum atomic E-state index is 12.2. The van der Waals surface area contributed by atoms with E-state index in [1.165, 1.54) is 11.3 Å². The molecule has 1 heterocycles. The summed E-state index contributed by atoms with van der Waals surface area (Å²) >= 11 is 1.33. The highest BCUT2D eigenvalue weighted by Gasteiger charge is 2.23. The molecule has 0 saturated heterocycles. The van der Waals surface area contributed by atoms with Crippen molar-refractivity contribution in [2.24, 2.45) is 0 Å². The molecule has 0 spiro atoms. The van der Waals surface area contributed by atoms with Gasteiger partial charge in [0.25, 0.3) is 5.91 Å². The molecule has 20 heavy (non-hydrogen) atoms. The molecule has 0 radical (unpaired) electrons. The third-order valence-corrected chi connectivity index (χ3v) is 3.94. The summed E-state index contributed by atoms with van der Waals surface area (Å²) in [4.78, 5) is 24.1. The van der Waals surface area contributed by atoms with Crippen LogP contribution in [0.25, 0.3) is 0 Å². The lowest BCUT2D eigenvalue weighted by Gasteiger charge is -2.14. The minimum absolute atomic E-state index is 0.340. The summed E-state index contributed by atoms with van der Waals surface area (Å²) in [5, 5.41) is 13.7. The molecule has 0 bridgehead atoms. The van der Waals surface area contributed by atoms with Gasteiger partial charge in [-0.1, -0.05) is 37.3 Å². The average molecular weight is 289 g/mol. The predicted molar refractivity (Wildman–Crippen MR) is 78.0 cm³/mol. The Kier molecular flexibility index (Phi) is 4.53. The second-order valence-electron chi connectivity index (χ2n) is 4.28. The van der Waals surface area contributed by atoms with Gasteiger partial charge in [-0.05, 0) is 29.0 Å². The van der Waals surface area contributed by atoms with Crippen LogP contribution in [-0.2, 0) is 11.2 Å². The molecule has 0 aliphatic carbocycles. The largest absolute Gasteiger partial charge is 0.479 e. The van der Waals surface area contributed by atoms with Crippen molar-refractivity contribution in [3.63, 3.8) is 0 Å². The SMILES string of the molecule is CCc1ccsc1C(=O)N[C@@H](C(=O)O)c1ccccc1. The highest BCUT2D eigenvalue weighted by Crippen LogP contribution is 2.19. The molecule has 1 amide bonds. The zero-order valence-electron chi connectivity index (χ0n) is 11.0. The van der Waals surface area contributed by atoms with E-state index in [4.69, 9.17) is 0 Å². The number of carbonyl (C=O) groups excluding carboxylic acids is 1. The summed E-state index contributed by atoms with van der Waals surface area (Å²) in [7, 11) is 0. The van der Waals surface area contributed by atoms with Crippen LogP contribution in [0.5, 0.6) is 0 Å². The Morgan fingerprint density at radius 2 is 1.95 bits per heavy atom. The van der Waals surface area contributed by atoms with Crippen LogP contribution in [0.4, 0.5) is 0 Å². The lowest BCUT2D eigenvalue weighted by molar-refractivity contribution is -0.139. The van der Waals surface area contributed by atoms with E-state index in [0.717, 1.165) is 12.0 Å². The molecular formula is C15H15NO3S. The van der Waals surface area contributed by atoms with Gasteiger partial charge in [0.15, 0.2) is 6.04 Å². The van der Waals surface area contributed by atoms with Crippen LogP contribution < -0.4 is 5.32 Å². The highest BCUT2D eigenvalue weighted by molar-refractivity contribution is 7.12. The minimum atomic E-state index is -1.07. The van der Waals surface area contributed by atoms with Crippen LogP contribution in [0.3, 0.4) is 0 Å². The highest BCUT2D eigenvalue weighted by atomic mass is 32.1. The van der Waals surface area contributed by atoms with Gasteiger partial charge in [0, 0.05) is 0 Å². The predicted octanol–water partition coefficient (Wildman–Crippen LogP) is 2.87. The van der Waals surface area contributed by atoms with E-state index in [1.54, 1.807) is 30.3 Å². The number of benzene rings is 1. The summed E-state index contributed by atoms with van der Waals surface area (Å²) in [6.45, 7) is 1.96. The first-order valence-corrected chi connectivity index (χ1v) is 7.16. The summed E-state index contributed by atoms with van der Waals surface area (Å²) in [5.74, 6) is -1.41. The van der Waals surface area contributed by atoms with Crippen LogP contribution >= 0.6 is 11.3 Å². The topological polar surface area (TPSA) is 66.4 Å². The molecule has 0 saturated carbocycles. The number of rotatable bonds is 5. The smallest absolute Gasteiger partial charge is 0.330 e. The van der Waals surface area contributed by atoms with E-state index in [1.807, 2.05) is 18.4 Å². The molecule has 2 N–H and O–H groups in total. The van der Waals surface area contributed by atoms with Crippen molar-refractivity contribution in [2.45, 2.75) is 19.4 Å². The molecule has 4 nitrogen and oxygen atoms in total. The van der Waals surface area contributed by atoms with Gasteiger partial charge in [-0.3, -0.25) is 4.79 Å². The zero-order chi connectivity index (χ0) is 14.5. The minimum Gasteiger partial charge on any atom is -0.479 e. The van der Waals surface area contributed by atoms with E-state index in [0.29, 0.717) is 10.4 Å². The van der Waals surface area contributed by atoms with Crippen molar-refractivity contribution in [3.8, 4) is 0 Å². The Bertz CT molecular complexity index is 607. The first-order valence-electron chi connectivity index (χ1n) is 6.28. The van der Waals surface area contributed by atoms with Crippen molar-refractivity contribution in [2.75, 3.05) is 0 Å². The second kappa shape index (κ2) is 6.34. The molecule has 5 heteroatoms. The van der Waals surface area contributed by atoms with Gasteiger partial charge < -0.3 is 10.4 Å². The summed E-state index contributed by atoms with van der Waals surface area (Å²) in [6, 6.07) is 9.54. The van der Waals surface area contributed by atoms with Crippen LogP contribution in [0.2, 0.25) is 0 Å². The number of amides is 1. The third kappa shape index (κ3) is 3.05. The van der Waals surface area contributed by atoms with Crippen molar-refractivity contribution in [1.29, 1.82) is 0 Å². The van der Waals surface area contributed by atoms with Gasteiger partial charge in [-0.25, -0.2) is 4.79 Å². The average Bonchev–Trinajstić information content (AvgIpc) is 2.93. The number of thiophene rings is 1. The lowest BCUT2D eigenvalue weighted by Crippen LogP contribution is -2.33. The molecule has 0 aliphatic rings. The first-order chi connectivity index (χ1) is 9.63. The van der Waals surface area contributed by atoms with Crippen LogP contribution in [-0.4, -0.2) is 17.0 Å². The van der Waals surface area contributed by atoms with Gasteiger partial charge in [0.1, 0.15) is 0 Å². The molecular weight excluding hydrogens is 274 g/mol. The fraction of sp³-hybridized carbons (Fsp3) is 0.200.